The van der Waals surface area contributed by atoms with E-state index >= 15 is 0 Å². The largest absolute Gasteiger partial charge is 0.493 e. The number of nitrogens with two attached hydrogens (primary N) is 1. The molecule has 0 saturated carbocycles. The molecule has 8 heteroatoms. The number of aliphatic imine (C=N–C) groups is 1. The Kier molecular flexibility index (Phi) is 9.14. The molecule has 26 heavy (non-hydrogen) atoms. The molecule has 4 N–H and O–H groups in total. The fourth-order valence-corrected chi connectivity index (χ4v) is 2.22. The Balaban J connectivity index is 0.00000338. The average Bonchev–Trinajstić information content (AvgIpc) is 2.64. The predicted octanol–water partition coefficient (Wildman–Crippen LogP) is 2.60. The molecule has 0 aliphatic heterocycles. The highest BCUT2D eigenvalue weighted by Gasteiger charge is 2.08. The SMILES string of the molecule is COc1ccc(CN=C(N)NCC(O)c2ccc(F)cc2)cc1OC.I. The van der Waals surface area contributed by atoms with E-state index < -0.39 is 6.10 Å². The van der Waals surface area contributed by atoms with Gasteiger partial charge in [0, 0.05) is 6.54 Å². The minimum Gasteiger partial charge on any atom is -0.493 e. The van der Waals surface area contributed by atoms with Crippen molar-refractivity contribution < 1.29 is 19.0 Å². The van der Waals surface area contributed by atoms with Gasteiger partial charge in [-0.3, -0.25) is 0 Å². The number of guanidine groups is 1. The smallest absolute Gasteiger partial charge is 0.189 e. The average molecular weight is 475 g/mol. The number of aliphatic hydroxyl groups is 1. The standard InChI is InChI=1S/C18H22FN3O3.HI/c1-24-16-8-3-12(9-17(16)25-2)10-21-18(20)22-11-15(23)13-4-6-14(19)7-5-13;/h3-9,15,23H,10-11H2,1-2H3,(H3,20,21,22);1H. The molecule has 0 radical (unpaired) electrons. The number of ether oxygens (including phenoxy) is 2. The molecule has 1 atom stereocenters. The van der Waals surface area contributed by atoms with Crippen LogP contribution in [-0.2, 0) is 6.54 Å². The number of hydrogen-bond donors (Lipinski definition) is 3. The van der Waals surface area contributed by atoms with Crippen molar-refractivity contribution in [2.24, 2.45) is 10.7 Å². The molecule has 0 amide bonds. The zero-order valence-electron chi connectivity index (χ0n) is 14.6. The second-order valence-electron chi connectivity index (χ2n) is 5.34. The Morgan fingerprint density at radius 1 is 1.15 bits per heavy atom. The summed E-state index contributed by atoms with van der Waals surface area (Å²) in [6.07, 6.45) is -0.810. The van der Waals surface area contributed by atoms with E-state index in [2.05, 4.69) is 10.3 Å². The van der Waals surface area contributed by atoms with Gasteiger partial charge in [0.05, 0.1) is 26.9 Å². The predicted molar refractivity (Wildman–Crippen MR) is 110 cm³/mol. The third-order valence-corrected chi connectivity index (χ3v) is 3.61. The van der Waals surface area contributed by atoms with Crippen LogP contribution in [0.1, 0.15) is 17.2 Å². The number of methoxy groups -OCH3 is 2. The van der Waals surface area contributed by atoms with Crippen LogP contribution in [0.5, 0.6) is 11.5 Å². The van der Waals surface area contributed by atoms with Gasteiger partial charge in [0.25, 0.3) is 0 Å². The van der Waals surface area contributed by atoms with Crippen molar-refractivity contribution >= 4 is 29.9 Å². The van der Waals surface area contributed by atoms with Crippen LogP contribution < -0.4 is 20.5 Å². The maximum Gasteiger partial charge on any atom is 0.189 e. The fraction of sp³-hybridized carbons (Fsp3) is 0.278. The van der Waals surface area contributed by atoms with Gasteiger partial charge in [-0.2, -0.15) is 0 Å². The first-order valence-corrected chi connectivity index (χ1v) is 7.71. The normalized spacial score (nSPS) is 12.1. The van der Waals surface area contributed by atoms with Gasteiger partial charge in [-0.25, -0.2) is 9.38 Å². The summed E-state index contributed by atoms with van der Waals surface area (Å²) >= 11 is 0. The molecule has 2 rings (SSSR count). The highest BCUT2D eigenvalue weighted by atomic mass is 127. The number of hydrogen-bond acceptors (Lipinski definition) is 4. The summed E-state index contributed by atoms with van der Waals surface area (Å²) in [6, 6.07) is 11.1. The number of benzene rings is 2. The van der Waals surface area contributed by atoms with Crippen molar-refractivity contribution in [1.82, 2.24) is 5.32 Å². The van der Waals surface area contributed by atoms with E-state index in [-0.39, 0.29) is 42.3 Å². The third kappa shape index (κ3) is 6.34. The van der Waals surface area contributed by atoms with Crippen LogP contribution in [-0.4, -0.2) is 31.8 Å². The van der Waals surface area contributed by atoms with E-state index in [0.717, 1.165) is 5.56 Å². The molecule has 2 aromatic carbocycles. The first-order chi connectivity index (χ1) is 12.0. The van der Waals surface area contributed by atoms with Gasteiger partial charge in [-0.05, 0) is 35.4 Å². The summed E-state index contributed by atoms with van der Waals surface area (Å²) in [5.74, 6) is 1.12. The van der Waals surface area contributed by atoms with Crippen molar-refractivity contribution in [1.29, 1.82) is 0 Å². The van der Waals surface area contributed by atoms with Crippen LogP contribution in [0, 0.1) is 5.82 Å². The van der Waals surface area contributed by atoms with E-state index in [0.29, 0.717) is 23.6 Å². The van der Waals surface area contributed by atoms with E-state index in [4.69, 9.17) is 15.2 Å². The van der Waals surface area contributed by atoms with Crippen molar-refractivity contribution in [3.63, 3.8) is 0 Å². The monoisotopic (exact) mass is 475 g/mol. The molecule has 0 aromatic heterocycles. The van der Waals surface area contributed by atoms with Crippen LogP contribution >= 0.6 is 24.0 Å². The van der Waals surface area contributed by atoms with Crippen LogP contribution in [0.3, 0.4) is 0 Å². The molecule has 0 heterocycles. The summed E-state index contributed by atoms with van der Waals surface area (Å²) in [5.41, 5.74) is 7.31. The maximum atomic E-state index is 12.9. The molecule has 0 spiro atoms. The number of rotatable bonds is 7. The van der Waals surface area contributed by atoms with Gasteiger partial charge in [-0.1, -0.05) is 18.2 Å². The summed E-state index contributed by atoms with van der Waals surface area (Å²) < 4.78 is 23.3. The highest BCUT2D eigenvalue weighted by Crippen LogP contribution is 2.27. The number of aliphatic hydroxyl groups excluding tert-OH is 1. The lowest BCUT2D eigenvalue weighted by Gasteiger charge is -2.13. The van der Waals surface area contributed by atoms with Gasteiger partial charge in [0.2, 0.25) is 0 Å². The maximum absolute atomic E-state index is 12.9. The Bertz CT molecular complexity index is 726. The summed E-state index contributed by atoms with van der Waals surface area (Å²) in [6.45, 7) is 0.527. The molecule has 0 saturated heterocycles. The van der Waals surface area contributed by atoms with Gasteiger partial charge >= 0.3 is 0 Å². The van der Waals surface area contributed by atoms with Gasteiger partial charge in [0.15, 0.2) is 17.5 Å². The molecular weight excluding hydrogens is 452 g/mol. The quantitative estimate of drug-likeness (QED) is 0.326. The highest BCUT2D eigenvalue weighted by molar-refractivity contribution is 14.0. The first-order valence-electron chi connectivity index (χ1n) is 7.71. The minimum absolute atomic E-state index is 0. The van der Waals surface area contributed by atoms with Crippen molar-refractivity contribution in [3.05, 3.63) is 59.4 Å². The molecule has 6 nitrogen and oxygen atoms in total. The molecule has 1 unspecified atom stereocenters. The van der Waals surface area contributed by atoms with Crippen molar-refractivity contribution in [3.8, 4) is 11.5 Å². The molecule has 142 valence electrons. The van der Waals surface area contributed by atoms with Crippen LogP contribution in [0.2, 0.25) is 0 Å². The number of nitrogens with zero attached hydrogens (tertiary/aromatic N) is 1. The molecule has 0 aliphatic rings. The second-order valence-corrected chi connectivity index (χ2v) is 5.34. The summed E-state index contributed by atoms with van der Waals surface area (Å²) in [5, 5.41) is 12.9. The lowest BCUT2D eigenvalue weighted by molar-refractivity contribution is 0.181. The summed E-state index contributed by atoms with van der Waals surface area (Å²) in [7, 11) is 3.14. The van der Waals surface area contributed by atoms with Gasteiger partial charge in [-0.15, -0.1) is 24.0 Å². The van der Waals surface area contributed by atoms with E-state index in [9.17, 15) is 9.50 Å². The lowest BCUT2D eigenvalue weighted by atomic mass is 10.1. The molecule has 2 aromatic rings. The Hall–Kier alpha value is -2.07. The Labute approximate surface area is 169 Å². The van der Waals surface area contributed by atoms with Crippen LogP contribution in [0.25, 0.3) is 0 Å². The van der Waals surface area contributed by atoms with Gasteiger partial charge in [0.1, 0.15) is 5.82 Å². The lowest BCUT2D eigenvalue weighted by Crippen LogP contribution is -2.34. The molecular formula is C18H23FIN3O3. The van der Waals surface area contributed by atoms with Crippen LogP contribution in [0.4, 0.5) is 4.39 Å². The Morgan fingerprint density at radius 3 is 2.42 bits per heavy atom. The molecule has 0 aliphatic carbocycles. The third-order valence-electron chi connectivity index (χ3n) is 3.61. The topological polar surface area (TPSA) is 89.1 Å². The second kappa shape index (κ2) is 10.8. The van der Waals surface area contributed by atoms with E-state index in [1.54, 1.807) is 20.3 Å². The zero-order valence-corrected chi connectivity index (χ0v) is 16.9. The first kappa shape index (κ1) is 22.0. The summed E-state index contributed by atoms with van der Waals surface area (Å²) in [4.78, 5) is 4.22. The van der Waals surface area contributed by atoms with E-state index in [1.807, 2.05) is 12.1 Å². The molecule has 0 fully saturated rings. The minimum atomic E-state index is -0.810. The van der Waals surface area contributed by atoms with Crippen molar-refractivity contribution in [2.45, 2.75) is 12.6 Å². The van der Waals surface area contributed by atoms with Gasteiger partial charge < -0.3 is 25.6 Å². The fourth-order valence-electron chi connectivity index (χ4n) is 2.22. The number of nitrogens with one attached hydrogen (secondary N) is 1. The molecule has 0 bridgehead atoms. The van der Waals surface area contributed by atoms with E-state index in [1.165, 1.54) is 24.3 Å². The van der Waals surface area contributed by atoms with Crippen molar-refractivity contribution in [2.75, 3.05) is 20.8 Å². The zero-order chi connectivity index (χ0) is 18.2. The number of halogens is 2. The Morgan fingerprint density at radius 2 is 1.81 bits per heavy atom. The van der Waals surface area contributed by atoms with Crippen LogP contribution in [0.15, 0.2) is 47.5 Å².